The van der Waals surface area contributed by atoms with Crippen LogP contribution in [0.15, 0.2) is 34.7 Å². The van der Waals surface area contributed by atoms with Gasteiger partial charge in [0.05, 0.1) is 17.5 Å². The Morgan fingerprint density at radius 3 is 2.50 bits per heavy atom. The first-order chi connectivity index (χ1) is 9.47. The van der Waals surface area contributed by atoms with Gasteiger partial charge < -0.3 is 9.73 Å². The number of hydrogen-bond donors (Lipinski definition) is 1. The first-order valence-corrected chi connectivity index (χ1v) is 5.69. The minimum Gasteiger partial charge on any atom is -0.404 e. The number of anilines is 1. The number of aryl methyl sites for hydroxylation is 1. The molecule has 0 atom stereocenters. The van der Waals surface area contributed by atoms with Crippen molar-refractivity contribution >= 4 is 17.3 Å². The molecule has 1 N–H and O–H groups in total. The summed E-state index contributed by atoms with van der Waals surface area (Å²) in [5.41, 5.74) is 1.15. The Kier molecular flexibility index (Phi) is 3.65. The Morgan fingerprint density at radius 1 is 1.15 bits per heavy atom. The normalized spacial score (nSPS) is 10.2. The largest absolute Gasteiger partial charge is 0.433 e. The van der Waals surface area contributed by atoms with Crippen molar-refractivity contribution in [3.8, 4) is 0 Å². The molecule has 0 aliphatic carbocycles. The molecule has 0 spiro atoms. The van der Waals surface area contributed by atoms with Gasteiger partial charge in [-0.3, -0.25) is 20.2 Å². The molecule has 8 heteroatoms. The number of benzene rings is 1. The van der Waals surface area contributed by atoms with Crippen LogP contribution < -0.4 is 5.32 Å². The molecule has 0 fully saturated rings. The van der Waals surface area contributed by atoms with E-state index in [0.717, 1.165) is 5.56 Å². The molecule has 0 amide bonds. The van der Waals surface area contributed by atoms with Crippen LogP contribution in [0.4, 0.5) is 17.3 Å². The predicted molar refractivity (Wildman–Crippen MR) is 70.5 cm³/mol. The van der Waals surface area contributed by atoms with Gasteiger partial charge >= 0.3 is 5.88 Å². The zero-order chi connectivity index (χ0) is 14.7. The SMILES string of the molecule is Cc1ccc([N+](=O)[O-])c(NCc2ccc([N+](=O)[O-])o2)c1. The summed E-state index contributed by atoms with van der Waals surface area (Å²) in [4.78, 5) is 20.2. The van der Waals surface area contributed by atoms with Crippen LogP contribution in [0.2, 0.25) is 0 Å². The maximum Gasteiger partial charge on any atom is 0.433 e. The summed E-state index contributed by atoms with van der Waals surface area (Å²) in [6, 6.07) is 7.37. The number of furan rings is 1. The van der Waals surface area contributed by atoms with Gasteiger partial charge in [0, 0.05) is 6.07 Å². The maximum absolute atomic E-state index is 10.9. The van der Waals surface area contributed by atoms with E-state index in [2.05, 4.69) is 5.32 Å². The van der Waals surface area contributed by atoms with E-state index in [0.29, 0.717) is 11.4 Å². The molecule has 0 bridgehead atoms. The van der Waals surface area contributed by atoms with E-state index in [9.17, 15) is 20.2 Å². The van der Waals surface area contributed by atoms with Gasteiger partial charge in [-0.25, -0.2) is 0 Å². The van der Waals surface area contributed by atoms with Gasteiger partial charge in [0.1, 0.15) is 16.4 Å². The van der Waals surface area contributed by atoms with E-state index in [4.69, 9.17) is 4.42 Å². The summed E-state index contributed by atoms with van der Waals surface area (Å²) < 4.78 is 4.97. The van der Waals surface area contributed by atoms with Gasteiger partial charge in [0.15, 0.2) is 0 Å². The molecule has 2 aromatic rings. The third-order valence-electron chi connectivity index (χ3n) is 2.63. The van der Waals surface area contributed by atoms with Crippen LogP contribution in [0.5, 0.6) is 0 Å². The molecule has 0 unspecified atom stereocenters. The number of nitro benzene ring substituents is 1. The van der Waals surface area contributed by atoms with Gasteiger partial charge in [-0.05, 0) is 24.6 Å². The Balaban J connectivity index is 2.15. The molecule has 0 aliphatic heterocycles. The van der Waals surface area contributed by atoms with Crippen molar-refractivity contribution in [1.82, 2.24) is 0 Å². The Bertz CT molecular complexity index is 665. The molecule has 20 heavy (non-hydrogen) atoms. The molecular formula is C12H11N3O5. The minimum absolute atomic E-state index is 0.0587. The second-order valence-electron chi connectivity index (χ2n) is 4.13. The third kappa shape index (κ3) is 2.91. The third-order valence-corrected chi connectivity index (χ3v) is 2.63. The molecule has 2 rings (SSSR count). The van der Waals surface area contributed by atoms with Crippen LogP contribution in [0, 0.1) is 27.2 Å². The summed E-state index contributed by atoms with van der Waals surface area (Å²) >= 11 is 0. The first kappa shape index (κ1) is 13.5. The van der Waals surface area contributed by atoms with Gasteiger partial charge in [-0.1, -0.05) is 6.07 Å². The van der Waals surface area contributed by atoms with E-state index >= 15 is 0 Å². The van der Waals surface area contributed by atoms with Crippen molar-refractivity contribution in [3.63, 3.8) is 0 Å². The molecule has 0 saturated heterocycles. The van der Waals surface area contributed by atoms with Crippen molar-refractivity contribution in [2.24, 2.45) is 0 Å². The van der Waals surface area contributed by atoms with Crippen LogP contribution in [0.25, 0.3) is 0 Å². The lowest BCUT2D eigenvalue weighted by atomic mass is 10.2. The van der Waals surface area contributed by atoms with E-state index in [1.54, 1.807) is 12.1 Å². The molecule has 104 valence electrons. The fourth-order valence-electron chi connectivity index (χ4n) is 1.69. The highest BCUT2D eigenvalue weighted by Crippen LogP contribution is 2.26. The standard InChI is InChI=1S/C12H11N3O5/c1-8-2-4-11(14(16)17)10(6-8)13-7-9-3-5-12(20-9)15(18)19/h2-6,13H,7H2,1H3. The lowest BCUT2D eigenvalue weighted by Crippen LogP contribution is -2.02. The average Bonchev–Trinajstić information content (AvgIpc) is 2.85. The van der Waals surface area contributed by atoms with E-state index in [1.165, 1.54) is 18.2 Å². The van der Waals surface area contributed by atoms with Crippen molar-refractivity contribution < 1.29 is 14.3 Å². The van der Waals surface area contributed by atoms with Crippen molar-refractivity contribution in [1.29, 1.82) is 0 Å². The second kappa shape index (κ2) is 5.39. The molecule has 0 saturated carbocycles. The Labute approximate surface area is 113 Å². The topological polar surface area (TPSA) is 111 Å². The molecule has 1 aromatic heterocycles. The fraction of sp³-hybridized carbons (Fsp3) is 0.167. The summed E-state index contributed by atoms with van der Waals surface area (Å²) in [5, 5.41) is 24.2. The zero-order valence-corrected chi connectivity index (χ0v) is 10.5. The Morgan fingerprint density at radius 2 is 1.90 bits per heavy atom. The summed E-state index contributed by atoms with van der Waals surface area (Å²) in [6.45, 7) is 1.94. The second-order valence-corrected chi connectivity index (χ2v) is 4.13. The molecular weight excluding hydrogens is 266 g/mol. The number of nitrogens with zero attached hydrogens (tertiary/aromatic N) is 2. The molecule has 1 heterocycles. The number of nitrogens with one attached hydrogen (secondary N) is 1. The van der Waals surface area contributed by atoms with Gasteiger partial charge in [-0.15, -0.1) is 0 Å². The van der Waals surface area contributed by atoms with Crippen LogP contribution >= 0.6 is 0 Å². The number of nitro groups is 2. The van der Waals surface area contributed by atoms with Gasteiger partial charge in [-0.2, -0.15) is 0 Å². The summed E-state index contributed by atoms with van der Waals surface area (Å²) in [7, 11) is 0. The van der Waals surface area contributed by atoms with Crippen molar-refractivity contribution in [3.05, 3.63) is 61.9 Å². The molecule has 8 nitrogen and oxygen atoms in total. The fourth-order valence-corrected chi connectivity index (χ4v) is 1.69. The molecule has 0 aliphatic rings. The van der Waals surface area contributed by atoms with Crippen molar-refractivity contribution in [2.45, 2.75) is 13.5 Å². The average molecular weight is 277 g/mol. The quantitative estimate of drug-likeness (QED) is 0.664. The van der Waals surface area contributed by atoms with E-state index in [-0.39, 0.29) is 18.1 Å². The number of rotatable bonds is 5. The van der Waals surface area contributed by atoms with E-state index in [1.807, 2.05) is 6.92 Å². The van der Waals surface area contributed by atoms with Crippen LogP contribution in [-0.2, 0) is 6.54 Å². The highest BCUT2D eigenvalue weighted by molar-refractivity contribution is 5.62. The summed E-state index contributed by atoms with van der Waals surface area (Å²) in [6.07, 6.45) is 0. The van der Waals surface area contributed by atoms with Crippen molar-refractivity contribution in [2.75, 3.05) is 5.32 Å². The zero-order valence-electron chi connectivity index (χ0n) is 10.5. The Hall–Kier alpha value is -2.90. The van der Waals surface area contributed by atoms with Gasteiger partial charge in [0.2, 0.25) is 0 Å². The van der Waals surface area contributed by atoms with Crippen LogP contribution in [0.3, 0.4) is 0 Å². The monoisotopic (exact) mass is 277 g/mol. The lowest BCUT2D eigenvalue weighted by molar-refractivity contribution is -0.402. The lowest BCUT2D eigenvalue weighted by Gasteiger charge is -2.06. The summed E-state index contributed by atoms with van der Waals surface area (Å²) in [5.74, 6) is -0.0342. The maximum atomic E-state index is 10.9. The highest BCUT2D eigenvalue weighted by Gasteiger charge is 2.15. The van der Waals surface area contributed by atoms with Crippen LogP contribution in [-0.4, -0.2) is 9.85 Å². The molecule has 0 radical (unpaired) electrons. The number of hydrogen-bond acceptors (Lipinski definition) is 6. The first-order valence-electron chi connectivity index (χ1n) is 5.69. The smallest absolute Gasteiger partial charge is 0.404 e. The van der Waals surface area contributed by atoms with E-state index < -0.39 is 9.85 Å². The highest BCUT2D eigenvalue weighted by atomic mass is 16.6. The predicted octanol–water partition coefficient (Wildman–Crippen LogP) is 3.02. The van der Waals surface area contributed by atoms with Crippen LogP contribution in [0.1, 0.15) is 11.3 Å². The minimum atomic E-state index is -0.640. The van der Waals surface area contributed by atoms with Gasteiger partial charge in [0.25, 0.3) is 5.69 Å². The molecule has 1 aromatic carbocycles.